The maximum atomic E-state index is 12.2. The second kappa shape index (κ2) is 8.50. The van der Waals surface area contributed by atoms with E-state index >= 15 is 0 Å². The van der Waals surface area contributed by atoms with Gasteiger partial charge in [-0.2, -0.15) is 0 Å². The van der Waals surface area contributed by atoms with Crippen molar-refractivity contribution in [1.82, 2.24) is 10.6 Å². The fourth-order valence-electron chi connectivity index (χ4n) is 2.24. The molecule has 138 valence electrons. The summed E-state index contributed by atoms with van der Waals surface area (Å²) in [4.78, 5) is 35.0. The summed E-state index contributed by atoms with van der Waals surface area (Å²) in [5.41, 5.74) is 1.14. The van der Waals surface area contributed by atoms with Crippen LogP contribution in [0.1, 0.15) is 56.5 Å². The molecular formula is C18H27N3O4. The van der Waals surface area contributed by atoms with E-state index in [-0.39, 0.29) is 18.4 Å². The number of carboxylic acid groups (broad SMARTS) is 1. The third-order valence-electron chi connectivity index (χ3n) is 3.58. The summed E-state index contributed by atoms with van der Waals surface area (Å²) < 4.78 is 0. The van der Waals surface area contributed by atoms with E-state index in [9.17, 15) is 14.4 Å². The Bertz CT molecular complexity index is 654. The van der Waals surface area contributed by atoms with Gasteiger partial charge in [-0.1, -0.05) is 6.07 Å². The minimum atomic E-state index is -0.908. The van der Waals surface area contributed by atoms with E-state index in [0.29, 0.717) is 17.7 Å². The van der Waals surface area contributed by atoms with Gasteiger partial charge in [0.2, 0.25) is 0 Å². The van der Waals surface area contributed by atoms with E-state index in [1.807, 2.05) is 20.8 Å². The molecule has 4 N–H and O–H groups in total. The molecule has 0 fully saturated rings. The number of carbonyl (C=O) groups excluding carboxylic acids is 2. The zero-order valence-electron chi connectivity index (χ0n) is 15.4. The number of amides is 3. The summed E-state index contributed by atoms with van der Waals surface area (Å²) in [5.74, 6) is -1.10. The monoisotopic (exact) mass is 349 g/mol. The summed E-state index contributed by atoms with van der Waals surface area (Å²) in [5, 5.41) is 17.0. The molecule has 0 atom stereocenters. The molecule has 0 aliphatic carbocycles. The number of aliphatic carboxylic acids is 1. The lowest BCUT2D eigenvalue weighted by Crippen LogP contribution is -2.45. The fourth-order valence-corrected chi connectivity index (χ4v) is 2.24. The Hall–Kier alpha value is -2.57. The Morgan fingerprint density at radius 1 is 1.20 bits per heavy atom. The molecule has 0 aromatic heterocycles. The highest BCUT2D eigenvalue weighted by atomic mass is 16.4. The van der Waals surface area contributed by atoms with Crippen molar-refractivity contribution in [1.29, 1.82) is 0 Å². The van der Waals surface area contributed by atoms with Gasteiger partial charge in [0.1, 0.15) is 0 Å². The summed E-state index contributed by atoms with van der Waals surface area (Å²) in [6.07, 6.45) is 0.281. The Morgan fingerprint density at radius 2 is 1.84 bits per heavy atom. The van der Waals surface area contributed by atoms with Crippen LogP contribution in [-0.4, -0.2) is 34.6 Å². The van der Waals surface area contributed by atoms with Crippen molar-refractivity contribution in [2.75, 3.05) is 5.32 Å². The Balaban J connectivity index is 2.77. The van der Waals surface area contributed by atoms with Crippen LogP contribution in [0.15, 0.2) is 18.2 Å². The smallest absolute Gasteiger partial charge is 0.319 e. The Labute approximate surface area is 148 Å². The van der Waals surface area contributed by atoms with Crippen LogP contribution in [0.5, 0.6) is 0 Å². The van der Waals surface area contributed by atoms with Crippen LogP contribution in [0, 0.1) is 6.92 Å². The topological polar surface area (TPSA) is 108 Å². The first-order valence-corrected chi connectivity index (χ1v) is 8.22. The van der Waals surface area contributed by atoms with Gasteiger partial charge in [-0.05, 0) is 58.7 Å². The zero-order chi connectivity index (χ0) is 19.2. The fraction of sp³-hybridized carbons (Fsp3) is 0.500. The van der Waals surface area contributed by atoms with Crippen LogP contribution in [0.3, 0.4) is 0 Å². The zero-order valence-corrected chi connectivity index (χ0v) is 15.4. The van der Waals surface area contributed by atoms with Crippen LogP contribution in [-0.2, 0) is 4.79 Å². The van der Waals surface area contributed by atoms with Crippen molar-refractivity contribution in [3.8, 4) is 0 Å². The third-order valence-corrected chi connectivity index (χ3v) is 3.58. The predicted molar refractivity (Wildman–Crippen MR) is 96.9 cm³/mol. The van der Waals surface area contributed by atoms with Crippen LogP contribution in [0.25, 0.3) is 0 Å². The minimum absolute atomic E-state index is 0.0156. The van der Waals surface area contributed by atoms with Crippen molar-refractivity contribution in [3.05, 3.63) is 29.3 Å². The van der Waals surface area contributed by atoms with Crippen LogP contribution < -0.4 is 16.0 Å². The van der Waals surface area contributed by atoms with Gasteiger partial charge in [0.05, 0.1) is 0 Å². The average molecular weight is 349 g/mol. The van der Waals surface area contributed by atoms with Gasteiger partial charge < -0.3 is 21.1 Å². The van der Waals surface area contributed by atoms with Crippen molar-refractivity contribution < 1.29 is 19.5 Å². The van der Waals surface area contributed by atoms with E-state index in [0.717, 1.165) is 5.56 Å². The molecule has 0 spiro atoms. The largest absolute Gasteiger partial charge is 0.481 e. The van der Waals surface area contributed by atoms with Crippen molar-refractivity contribution in [3.63, 3.8) is 0 Å². The third kappa shape index (κ3) is 7.24. The van der Waals surface area contributed by atoms with Gasteiger partial charge in [-0.3, -0.25) is 9.59 Å². The second-order valence-corrected chi connectivity index (χ2v) is 7.01. The number of urea groups is 1. The number of carboxylic acids is 1. The number of nitrogens with one attached hydrogen (secondary N) is 3. The number of hydrogen-bond donors (Lipinski definition) is 4. The quantitative estimate of drug-likeness (QED) is 0.607. The molecule has 1 rings (SSSR count). The van der Waals surface area contributed by atoms with Crippen LogP contribution >= 0.6 is 0 Å². The number of benzene rings is 1. The normalized spacial score (nSPS) is 11.1. The first-order chi connectivity index (χ1) is 11.5. The maximum Gasteiger partial charge on any atom is 0.319 e. The molecule has 7 nitrogen and oxygen atoms in total. The van der Waals surface area contributed by atoms with E-state index < -0.39 is 17.5 Å². The van der Waals surface area contributed by atoms with Gasteiger partial charge in [-0.25, -0.2) is 4.79 Å². The lowest BCUT2D eigenvalue weighted by Gasteiger charge is -2.25. The minimum Gasteiger partial charge on any atom is -0.481 e. The maximum absolute atomic E-state index is 12.2. The molecule has 25 heavy (non-hydrogen) atoms. The van der Waals surface area contributed by atoms with Gasteiger partial charge in [0, 0.05) is 29.3 Å². The van der Waals surface area contributed by atoms with Crippen molar-refractivity contribution in [2.24, 2.45) is 0 Å². The summed E-state index contributed by atoms with van der Waals surface area (Å²) >= 11 is 0. The highest BCUT2D eigenvalue weighted by Crippen LogP contribution is 2.17. The second-order valence-electron chi connectivity index (χ2n) is 7.01. The van der Waals surface area contributed by atoms with Crippen LogP contribution in [0.2, 0.25) is 0 Å². The highest BCUT2D eigenvalue weighted by molar-refractivity contribution is 5.98. The molecule has 3 amide bonds. The van der Waals surface area contributed by atoms with E-state index in [4.69, 9.17) is 5.11 Å². The number of hydrogen-bond acceptors (Lipinski definition) is 3. The average Bonchev–Trinajstić information content (AvgIpc) is 2.46. The number of rotatable bonds is 7. The van der Waals surface area contributed by atoms with Gasteiger partial charge in [0.15, 0.2) is 0 Å². The lowest BCUT2D eigenvalue weighted by atomic mass is 9.99. The molecule has 7 heteroatoms. The molecule has 0 unspecified atom stereocenters. The van der Waals surface area contributed by atoms with Crippen molar-refractivity contribution >= 4 is 23.6 Å². The Morgan fingerprint density at radius 3 is 2.40 bits per heavy atom. The molecule has 0 radical (unpaired) electrons. The highest BCUT2D eigenvalue weighted by Gasteiger charge is 2.21. The lowest BCUT2D eigenvalue weighted by molar-refractivity contribution is -0.137. The molecular weight excluding hydrogens is 322 g/mol. The van der Waals surface area contributed by atoms with E-state index in [2.05, 4.69) is 16.0 Å². The summed E-state index contributed by atoms with van der Waals surface area (Å²) in [6.45, 7) is 9.09. The number of anilines is 1. The summed E-state index contributed by atoms with van der Waals surface area (Å²) in [6, 6.07) is 4.67. The molecule has 1 aromatic carbocycles. The van der Waals surface area contributed by atoms with E-state index in [1.54, 1.807) is 32.0 Å². The first kappa shape index (κ1) is 20.5. The van der Waals surface area contributed by atoms with Gasteiger partial charge >= 0.3 is 12.0 Å². The standard InChI is InChI=1S/C18H27N3O4/c1-11(2)19-16(24)14-10-13(7-6-12(14)3)20-17(25)21-18(4,5)9-8-15(22)23/h6-7,10-11H,8-9H2,1-5H3,(H,19,24)(H,22,23)(H2,20,21,25). The predicted octanol–water partition coefficient (Wildman–Crippen LogP) is 2.90. The number of carbonyl (C=O) groups is 3. The molecule has 0 aliphatic rings. The molecule has 0 heterocycles. The van der Waals surface area contributed by atoms with Gasteiger partial charge in [0.25, 0.3) is 5.91 Å². The van der Waals surface area contributed by atoms with E-state index in [1.165, 1.54) is 0 Å². The van der Waals surface area contributed by atoms with Gasteiger partial charge in [-0.15, -0.1) is 0 Å². The molecule has 0 saturated carbocycles. The Kier molecular flexibility index (Phi) is 6.97. The molecule has 0 saturated heterocycles. The van der Waals surface area contributed by atoms with Crippen LogP contribution in [0.4, 0.5) is 10.5 Å². The molecule has 0 bridgehead atoms. The molecule has 0 aliphatic heterocycles. The first-order valence-electron chi connectivity index (χ1n) is 8.22. The van der Waals surface area contributed by atoms with Crippen molar-refractivity contribution in [2.45, 2.75) is 59.0 Å². The molecule has 1 aromatic rings. The SMILES string of the molecule is Cc1ccc(NC(=O)NC(C)(C)CCC(=O)O)cc1C(=O)NC(C)C. The number of aryl methyl sites for hydroxylation is 1. The summed E-state index contributed by atoms with van der Waals surface area (Å²) in [7, 11) is 0.